The van der Waals surface area contributed by atoms with Crippen molar-refractivity contribution in [2.75, 3.05) is 19.7 Å². The molecule has 3 aliphatic heterocycles. The molecular formula is C19H23N5O5. The molecule has 0 unspecified atom stereocenters. The zero-order valence-corrected chi connectivity index (χ0v) is 15.8. The molecule has 0 aromatic heterocycles. The van der Waals surface area contributed by atoms with Crippen LogP contribution in [-0.2, 0) is 20.9 Å². The van der Waals surface area contributed by atoms with Gasteiger partial charge in [-0.2, -0.15) is 0 Å². The molecule has 0 saturated carbocycles. The van der Waals surface area contributed by atoms with Crippen LogP contribution in [0.15, 0.2) is 24.3 Å². The number of nitrogens with zero attached hydrogens (tertiary/aromatic N) is 1. The van der Waals surface area contributed by atoms with Crippen molar-refractivity contribution in [1.82, 2.24) is 26.2 Å². The first-order chi connectivity index (χ1) is 14.0. The van der Waals surface area contributed by atoms with Gasteiger partial charge < -0.3 is 26.0 Å². The first-order valence-electron chi connectivity index (χ1n) is 9.63. The number of fused-ring (bicyclic) bond motifs is 1. The van der Waals surface area contributed by atoms with E-state index in [1.54, 1.807) is 0 Å². The van der Waals surface area contributed by atoms with E-state index in [4.69, 9.17) is 4.74 Å². The van der Waals surface area contributed by atoms with Gasteiger partial charge in [0.05, 0.1) is 12.6 Å². The minimum Gasteiger partial charge on any atom is -0.358 e. The fourth-order valence-electron chi connectivity index (χ4n) is 3.90. The summed E-state index contributed by atoms with van der Waals surface area (Å²) < 4.78 is 5.69. The van der Waals surface area contributed by atoms with Gasteiger partial charge in [-0.1, -0.05) is 24.3 Å². The molecule has 10 nitrogen and oxygen atoms in total. The molecule has 154 valence electrons. The summed E-state index contributed by atoms with van der Waals surface area (Å²) in [4.78, 5) is 47.8. The van der Waals surface area contributed by atoms with Crippen LogP contribution in [0.1, 0.15) is 30.0 Å². The molecule has 29 heavy (non-hydrogen) atoms. The smallest absolute Gasteiger partial charge is 0.325 e. The van der Waals surface area contributed by atoms with Gasteiger partial charge in [0, 0.05) is 19.1 Å². The number of ether oxygens (including phenoxy) is 1. The summed E-state index contributed by atoms with van der Waals surface area (Å²) >= 11 is 0. The van der Waals surface area contributed by atoms with E-state index in [1.807, 2.05) is 24.3 Å². The van der Waals surface area contributed by atoms with Crippen molar-refractivity contribution in [3.05, 3.63) is 35.4 Å². The van der Waals surface area contributed by atoms with Crippen molar-refractivity contribution < 1.29 is 23.9 Å². The SMILES string of the molecule is O=C(CN1C(=O)CNC1=O)NCc1ccc([C@@H]2NC(=O)N[C@H]3OCCC[C@H]32)cc1. The van der Waals surface area contributed by atoms with Crippen LogP contribution in [0.5, 0.6) is 0 Å². The number of benzene rings is 1. The van der Waals surface area contributed by atoms with E-state index in [2.05, 4.69) is 21.3 Å². The van der Waals surface area contributed by atoms with Crippen molar-refractivity contribution in [3.8, 4) is 0 Å². The zero-order chi connectivity index (χ0) is 20.4. The highest BCUT2D eigenvalue weighted by Crippen LogP contribution is 2.34. The van der Waals surface area contributed by atoms with Crippen LogP contribution in [0.4, 0.5) is 9.59 Å². The number of hydrogen-bond donors (Lipinski definition) is 4. The minimum atomic E-state index is -0.552. The topological polar surface area (TPSA) is 129 Å². The summed E-state index contributed by atoms with van der Waals surface area (Å²) in [5.74, 6) is -0.660. The highest BCUT2D eigenvalue weighted by molar-refractivity contribution is 6.04. The summed E-state index contributed by atoms with van der Waals surface area (Å²) in [6.07, 6.45) is 1.65. The molecule has 1 aromatic rings. The molecule has 3 fully saturated rings. The lowest BCUT2D eigenvalue weighted by molar-refractivity contribution is -0.130. The largest absolute Gasteiger partial charge is 0.358 e. The molecule has 3 aliphatic rings. The Labute approximate surface area is 167 Å². The fourth-order valence-corrected chi connectivity index (χ4v) is 3.90. The van der Waals surface area contributed by atoms with Crippen LogP contribution >= 0.6 is 0 Å². The summed E-state index contributed by atoms with van der Waals surface area (Å²) in [7, 11) is 0. The lowest BCUT2D eigenvalue weighted by Gasteiger charge is -2.41. The third-order valence-corrected chi connectivity index (χ3v) is 5.42. The molecule has 4 N–H and O–H groups in total. The number of hydrogen-bond acceptors (Lipinski definition) is 5. The van der Waals surface area contributed by atoms with Crippen LogP contribution in [0.25, 0.3) is 0 Å². The van der Waals surface area contributed by atoms with Gasteiger partial charge in [-0.3, -0.25) is 14.5 Å². The molecule has 0 radical (unpaired) electrons. The Kier molecular flexibility index (Phi) is 5.34. The number of rotatable bonds is 5. The van der Waals surface area contributed by atoms with Gasteiger partial charge in [-0.15, -0.1) is 0 Å². The lowest BCUT2D eigenvalue weighted by atomic mass is 9.85. The molecule has 1 aromatic carbocycles. The van der Waals surface area contributed by atoms with Gasteiger partial charge in [0.2, 0.25) is 5.91 Å². The third kappa shape index (κ3) is 4.16. The highest BCUT2D eigenvalue weighted by atomic mass is 16.5. The number of imide groups is 1. The average molecular weight is 401 g/mol. The predicted molar refractivity (Wildman–Crippen MR) is 100 cm³/mol. The van der Waals surface area contributed by atoms with Gasteiger partial charge in [0.15, 0.2) is 0 Å². The maximum Gasteiger partial charge on any atom is 0.325 e. The summed E-state index contributed by atoms with van der Waals surface area (Å²) in [5.41, 5.74) is 1.85. The van der Waals surface area contributed by atoms with Crippen molar-refractivity contribution in [2.24, 2.45) is 5.92 Å². The Hall–Kier alpha value is -3.14. The van der Waals surface area contributed by atoms with E-state index in [0.717, 1.165) is 28.9 Å². The van der Waals surface area contributed by atoms with E-state index in [1.165, 1.54) is 0 Å². The second kappa shape index (κ2) is 8.08. The molecule has 3 heterocycles. The molecule has 3 atom stereocenters. The molecule has 0 aliphatic carbocycles. The van der Waals surface area contributed by atoms with Crippen LogP contribution in [0.3, 0.4) is 0 Å². The maximum atomic E-state index is 12.0. The average Bonchev–Trinajstić information content (AvgIpc) is 3.04. The predicted octanol–water partition coefficient (Wildman–Crippen LogP) is -0.0388. The van der Waals surface area contributed by atoms with Crippen LogP contribution in [0, 0.1) is 5.92 Å². The number of urea groups is 2. The maximum absolute atomic E-state index is 12.0. The van der Waals surface area contributed by atoms with E-state index in [9.17, 15) is 19.2 Å². The Morgan fingerprint density at radius 3 is 2.69 bits per heavy atom. The number of nitrogens with one attached hydrogen (secondary N) is 4. The van der Waals surface area contributed by atoms with Crippen molar-refractivity contribution in [3.63, 3.8) is 0 Å². The fraction of sp³-hybridized carbons (Fsp3) is 0.474. The molecule has 4 rings (SSSR count). The minimum absolute atomic E-state index is 0.0757. The van der Waals surface area contributed by atoms with Gasteiger partial charge in [0.25, 0.3) is 5.91 Å². The molecule has 0 spiro atoms. The van der Waals surface area contributed by atoms with Crippen molar-refractivity contribution in [1.29, 1.82) is 0 Å². The normalized spacial score (nSPS) is 26.3. The van der Waals surface area contributed by atoms with Crippen LogP contribution in [0.2, 0.25) is 0 Å². The van der Waals surface area contributed by atoms with E-state index < -0.39 is 17.8 Å². The van der Waals surface area contributed by atoms with E-state index >= 15 is 0 Å². The van der Waals surface area contributed by atoms with Crippen LogP contribution < -0.4 is 21.3 Å². The van der Waals surface area contributed by atoms with Gasteiger partial charge in [-0.25, -0.2) is 9.59 Å². The highest BCUT2D eigenvalue weighted by Gasteiger charge is 2.39. The van der Waals surface area contributed by atoms with Crippen LogP contribution in [-0.4, -0.2) is 54.7 Å². The van der Waals surface area contributed by atoms with Crippen molar-refractivity contribution in [2.45, 2.75) is 31.7 Å². The second-order valence-electron chi connectivity index (χ2n) is 7.35. The number of amides is 6. The van der Waals surface area contributed by atoms with E-state index in [0.29, 0.717) is 6.61 Å². The summed E-state index contributed by atoms with van der Waals surface area (Å²) in [5, 5.41) is 10.9. The Bertz CT molecular complexity index is 811. The molecule has 6 amide bonds. The number of carbonyl (C=O) groups excluding carboxylic acids is 4. The molecular weight excluding hydrogens is 378 g/mol. The summed E-state index contributed by atoms with van der Waals surface area (Å²) in [6.45, 7) is 0.550. The van der Waals surface area contributed by atoms with Gasteiger partial charge >= 0.3 is 12.1 Å². The Morgan fingerprint density at radius 2 is 1.97 bits per heavy atom. The lowest BCUT2D eigenvalue weighted by Crippen LogP contribution is -2.58. The summed E-state index contributed by atoms with van der Waals surface area (Å²) in [6, 6.07) is 6.71. The number of carbonyl (C=O) groups is 4. The molecule has 3 saturated heterocycles. The van der Waals surface area contributed by atoms with Crippen molar-refractivity contribution >= 4 is 23.9 Å². The van der Waals surface area contributed by atoms with E-state index in [-0.39, 0.29) is 43.9 Å². The zero-order valence-electron chi connectivity index (χ0n) is 15.8. The van der Waals surface area contributed by atoms with Gasteiger partial charge in [-0.05, 0) is 24.0 Å². The van der Waals surface area contributed by atoms with Gasteiger partial charge in [0.1, 0.15) is 12.8 Å². The first kappa shape index (κ1) is 19.2. The second-order valence-corrected chi connectivity index (χ2v) is 7.35. The Balaban J connectivity index is 1.34. The molecule has 0 bridgehead atoms. The Morgan fingerprint density at radius 1 is 1.17 bits per heavy atom. The first-order valence-corrected chi connectivity index (χ1v) is 9.63. The quantitative estimate of drug-likeness (QED) is 0.515. The monoisotopic (exact) mass is 401 g/mol. The molecule has 10 heteroatoms. The third-order valence-electron chi connectivity index (χ3n) is 5.42. The standard InChI is InChI=1S/C19H23N5O5/c25-14(10-24-15(26)9-21-19(24)28)20-8-11-3-5-12(6-4-11)16-13-2-1-7-29-17(13)23-18(27)22-16/h3-6,13,16-17H,1-2,7-10H2,(H,20,25)(H,21,28)(H2,22,23,27)/t13-,16-,17-/m0/s1.